The maximum Gasteiger partial charge on any atom is 0.295 e. The first-order chi connectivity index (χ1) is 16.2. The van der Waals surface area contributed by atoms with Crippen molar-refractivity contribution >= 4 is 17.4 Å². The fraction of sp³-hybridized carbons (Fsp3) is 0.407. The number of benzene rings is 2. The van der Waals surface area contributed by atoms with Gasteiger partial charge in [-0.15, -0.1) is 0 Å². The van der Waals surface area contributed by atoms with Crippen molar-refractivity contribution in [1.82, 2.24) is 9.80 Å². The van der Waals surface area contributed by atoms with E-state index in [4.69, 9.17) is 4.74 Å². The van der Waals surface area contributed by atoms with E-state index in [1.54, 1.807) is 6.07 Å². The Bertz CT molecular complexity index is 1070. The van der Waals surface area contributed by atoms with E-state index >= 15 is 0 Å². The van der Waals surface area contributed by atoms with Crippen LogP contribution in [-0.2, 0) is 9.59 Å². The number of ketones is 1. The number of amides is 1. The van der Waals surface area contributed by atoms with Crippen LogP contribution in [0.1, 0.15) is 56.3 Å². The number of phenols is 1. The van der Waals surface area contributed by atoms with Crippen molar-refractivity contribution in [2.24, 2.45) is 0 Å². The zero-order chi connectivity index (χ0) is 25.0. The molecular weight excluding hydrogens is 432 g/mol. The van der Waals surface area contributed by atoms with Gasteiger partial charge in [0.05, 0.1) is 24.3 Å². The second-order valence-electron chi connectivity index (χ2n) is 8.72. The number of ether oxygens (including phenoxy) is 1. The van der Waals surface area contributed by atoms with E-state index in [9.17, 15) is 19.8 Å². The Morgan fingerprint density at radius 2 is 1.74 bits per heavy atom. The molecule has 7 nitrogen and oxygen atoms in total. The molecular formula is C27H34N2O5. The predicted octanol–water partition coefficient (Wildman–Crippen LogP) is 4.29. The van der Waals surface area contributed by atoms with Gasteiger partial charge in [-0.1, -0.05) is 52.0 Å². The van der Waals surface area contributed by atoms with Gasteiger partial charge in [-0.3, -0.25) is 9.59 Å². The van der Waals surface area contributed by atoms with E-state index in [1.165, 1.54) is 24.1 Å². The van der Waals surface area contributed by atoms with Crippen molar-refractivity contribution in [3.05, 3.63) is 64.7 Å². The van der Waals surface area contributed by atoms with Crippen molar-refractivity contribution < 1.29 is 24.5 Å². The Morgan fingerprint density at radius 1 is 1.09 bits per heavy atom. The van der Waals surface area contributed by atoms with Crippen LogP contribution in [0.25, 0.3) is 5.76 Å². The topological polar surface area (TPSA) is 90.3 Å². The molecule has 1 heterocycles. The molecule has 2 N–H and O–H groups in total. The Morgan fingerprint density at radius 3 is 2.26 bits per heavy atom. The number of aliphatic hydroxyl groups excluding tert-OH is 1. The molecule has 0 saturated carbocycles. The predicted molar refractivity (Wildman–Crippen MR) is 132 cm³/mol. The summed E-state index contributed by atoms with van der Waals surface area (Å²) in [6.07, 6.45) is 0. The highest BCUT2D eigenvalue weighted by atomic mass is 16.5. The number of hydrogen-bond donors (Lipinski definition) is 2. The summed E-state index contributed by atoms with van der Waals surface area (Å²) < 4.78 is 5.12. The summed E-state index contributed by atoms with van der Waals surface area (Å²) in [5.74, 6) is -1.31. The number of aliphatic hydroxyl groups is 1. The number of nitrogens with zero attached hydrogens (tertiary/aromatic N) is 2. The molecule has 1 saturated heterocycles. The number of carbonyl (C=O) groups excluding carboxylic acids is 2. The standard InChI is InChI=1S/C27H34N2O5/c1-6-28(7-2)14-15-29-24(19-10-8-18(9-11-19)17(3)4)23(26(32)27(29)33)25(31)21-13-12-20(34-5)16-22(21)30/h8-13,16-17,24,30-31H,6-7,14-15H2,1-5H3/t24-/m1/s1. The maximum absolute atomic E-state index is 13.2. The van der Waals surface area contributed by atoms with E-state index in [1.807, 2.05) is 38.1 Å². The lowest BCUT2D eigenvalue weighted by Gasteiger charge is -2.28. The molecule has 2 aromatic carbocycles. The first-order valence-electron chi connectivity index (χ1n) is 11.7. The zero-order valence-electron chi connectivity index (χ0n) is 20.5. The smallest absolute Gasteiger partial charge is 0.295 e. The maximum atomic E-state index is 13.2. The Kier molecular flexibility index (Phi) is 7.99. The van der Waals surface area contributed by atoms with Gasteiger partial charge in [-0.25, -0.2) is 0 Å². The van der Waals surface area contributed by atoms with Crippen LogP contribution in [0.5, 0.6) is 11.5 Å². The second kappa shape index (κ2) is 10.7. The molecule has 3 rings (SSSR count). The third-order valence-corrected chi connectivity index (χ3v) is 6.47. The average molecular weight is 467 g/mol. The number of likely N-dealkylation sites (N-methyl/N-ethyl adjacent to an activating group) is 1. The number of aromatic hydroxyl groups is 1. The van der Waals surface area contributed by atoms with Crippen molar-refractivity contribution in [3.63, 3.8) is 0 Å². The Labute approximate surface area is 201 Å². The van der Waals surface area contributed by atoms with E-state index in [-0.39, 0.29) is 16.9 Å². The van der Waals surface area contributed by atoms with Crippen LogP contribution < -0.4 is 4.74 Å². The quantitative estimate of drug-likeness (QED) is 0.326. The summed E-state index contributed by atoms with van der Waals surface area (Å²) in [5.41, 5.74) is 1.92. The monoisotopic (exact) mass is 466 g/mol. The van der Waals surface area contributed by atoms with Crippen LogP contribution in [0.2, 0.25) is 0 Å². The third-order valence-electron chi connectivity index (χ3n) is 6.47. The SMILES string of the molecule is CCN(CC)CCN1C(=O)C(=O)C(=C(O)c2ccc(OC)cc2O)[C@H]1c1ccc(C(C)C)cc1. The van der Waals surface area contributed by atoms with Gasteiger partial charge >= 0.3 is 0 Å². The number of likely N-dealkylation sites (tertiary alicyclic amines) is 1. The lowest BCUT2D eigenvalue weighted by atomic mass is 9.93. The number of hydrogen-bond acceptors (Lipinski definition) is 6. The van der Waals surface area contributed by atoms with Gasteiger partial charge in [0.2, 0.25) is 0 Å². The van der Waals surface area contributed by atoms with Crippen molar-refractivity contribution in [1.29, 1.82) is 0 Å². The molecule has 182 valence electrons. The summed E-state index contributed by atoms with van der Waals surface area (Å²) in [6, 6.07) is 11.4. The molecule has 0 unspecified atom stereocenters. The molecule has 1 aliphatic heterocycles. The molecule has 7 heteroatoms. The minimum Gasteiger partial charge on any atom is -0.507 e. The Hall–Kier alpha value is -3.32. The van der Waals surface area contributed by atoms with Crippen LogP contribution in [0.4, 0.5) is 0 Å². The lowest BCUT2D eigenvalue weighted by molar-refractivity contribution is -0.140. The molecule has 0 aromatic heterocycles. The normalized spacial score (nSPS) is 17.7. The molecule has 0 spiro atoms. The largest absolute Gasteiger partial charge is 0.507 e. The van der Waals surface area contributed by atoms with Gasteiger partial charge < -0.3 is 24.7 Å². The van der Waals surface area contributed by atoms with Crippen molar-refractivity contribution in [3.8, 4) is 11.5 Å². The van der Waals surface area contributed by atoms with Crippen LogP contribution in [0.3, 0.4) is 0 Å². The average Bonchev–Trinajstić information content (AvgIpc) is 3.09. The summed E-state index contributed by atoms with van der Waals surface area (Å²) >= 11 is 0. The van der Waals surface area contributed by atoms with Crippen LogP contribution in [0.15, 0.2) is 48.0 Å². The molecule has 0 radical (unpaired) electrons. The highest BCUT2D eigenvalue weighted by molar-refractivity contribution is 6.46. The molecule has 2 aromatic rings. The zero-order valence-corrected chi connectivity index (χ0v) is 20.5. The summed E-state index contributed by atoms with van der Waals surface area (Å²) in [5, 5.41) is 21.7. The second-order valence-corrected chi connectivity index (χ2v) is 8.72. The van der Waals surface area contributed by atoms with Crippen molar-refractivity contribution in [2.45, 2.75) is 39.7 Å². The summed E-state index contributed by atoms with van der Waals surface area (Å²) in [6.45, 7) is 10.9. The molecule has 1 fully saturated rings. The highest BCUT2D eigenvalue weighted by Crippen LogP contribution is 2.41. The molecule has 0 aliphatic carbocycles. The molecule has 1 aliphatic rings. The minimum absolute atomic E-state index is 0.0256. The van der Waals surface area contributed by atoms with Gasteiger partial charge in [0.25, 0.3) is 11.7 Å². The van der Waals surface area contributed by atoms with Crippen molar-refractivity contribution in [2.75, 3.05) is 33.3 Å². The van der Waals surface area contributed by atoms with Gasteiger partial charge in [0.15, 0.2) is 0 Å². The van der Waals surface area contributed by atoms with Gasteiger partial charge in [-0.2, -0.15) is 0 Å². The van der Waals surface area contributed by atoms with Crippen LogP contribution in [0, 0.1) is 0 Å². The van der Waals surface area contributed by atoms with E-state index in [0.717, 1.165) is 24.2 Å². The first kappa shape index (κ1) is 25.3. The van der Waals surface area contributed by atoms with Gasteiger partial charge in [-0.05, 0) is 42.3 Å². The Balaban J connectivity index is 2.12. The first-order valence-corrected chi connectivity index (χ1v) is 11.7. The number of phenolic OH excluding ortho intramolecular Hbond substituents is 1. The minimum atomic E-state index is -0.759. The molecule has 0 bridgehead atoms. The number of rotatable bonds is 9. The molecule has 34 heavy (non-hydrogen) atoms. The summed E-state index contributed by atoms with van der Waals surface area (Å²) in [7, 11) is 1.47. The van der Waals surface area contributed by atoms with Crippen LogP contribution in [-0.4, -0.2) is 65.0 Å². The number of carbonyl (C=O) groups is 2. The van der Waals surface area contributed by atoms with E-state index < -0.39 is 23.5 Å². The molecule has 1 amide bonds. The van der Waals surface area contributed by atoms with Gasteiger partial charge in [0, 0.05) is 19.2 Å². The fourth-order valence-electron chi connectivity index (χ4n) is 4.29. The number of methoxy groups -OCH3 is 1. The van der Waals surface area contributed by atoms with Gasteiger partial charge in [0.1, 0.15) is 17.3 Å². The lowest BCUT2D eigenvalue weighted by Crippen LogP contribution is -2.38. The number of Topliss-reactive ketones (excluding diaryl/α,β-unsaturated/α-hetero) is 1. The summed E-state index contributed by atoms with van der Waals surface area (Å²) in [4.78, 5) is 30.0. The van der Waals surface area contributed by atoms with E-state index in [0.29, 0.717) is 24.8 Å². The highest BCUT2D eigenvalue weighted by Gasteiger charge is 2.46. The third kappa shape index (κ3) is 4.94. The van der Waals surface area contributed by atoms with E-state index in [2.05, 4.69) is 18.7 Å². The molecule has 1 atom stereocenters. The van der Waals surface area contributed by atoms with Crippen LogP contribution >= 0.6 is 0 Å². The fourth-order valence-corrected chi connectivity index (χ4v) is 4.29.